The second-order valence-electron chi connectivity index (χ2n) is 3.47. The largest absolute Gasteiger partial charge is 0.336 e. The van der Waals surface area contributed by atoms with Crippen molar-refractivity contribution >= 4 is 34.7 Å². The maximum Gasteiger partial charge on any atom is 0.324 e. The number of nitro groups is 1. The topological polar surface area (TPSA) is 75.5 Å². The minimum atomic E-state index is -0.473. The van der Waals surface area contributed by atoms with E-state index in [1.807, 2.05) is 0 Å². The molecule has 17 heavy (non-hydrogen) atoms. The molecule has 0 atom stereocenters. The van der Waals surface area contributed by atoms with Crippen molar-refractivity contribution in [2.24, 2.45) is 0 Å². The van der Waals surface area contributed by atoms with Gasteiger partial charge in [0.15, 0.2) is 0 Å². The number of nitrogens with zero attached hydrogens (tertiary/aromatic N) is 2. The molecule has 94 valence electrons. The molecule has 1 aromatic heterocycles. The fourth-order valence-electron chi connectivity index (χ4n) is 1.58. The number of thiophene rings is 1. The molecule has 2 rings (SSSR count). The van der Waals surface area contributed by atoms with Crippen molar-refractivity contribution in [3.63, 3.8) is 0 Å². The van der Waals surface area contributed by atoms with E-state index in [0.717, 1.165) is 24.4 Å². The maximum atomic E-state index is 11.9. The Balaban J connectivity index is 0.00000144. The standard InChI is InChI=1S/C9H11N3O3S.ClH/c13-9(11-3-1-10-2-4-11)7-5-8(12(14)15)16-6-7;/h5-6,10H,1-4H2;1H. The first-order valence-electron chi connectivity index (χ1n) is 4.91. The first-order valence-corrected chi connectivity index (χ1v) is 5.79. The lowest BCUT2D eigenvalue weighted by molar-refractivity contribution is -0.380. The van der Waals surface area contributed by atoms with Gasteiger partial charge in [0.1, 0.15) is 0 Å². The Morgan fingerprint density at radius 1 is 1.47 bits per heavy atom. The Morgan fingerprint density at radius 3 is 2.65 bits per heavy atom. The van der Waals surface area contributed by atoms with E-state index in [9.17, 15) is 14.9 Å². The van der Waals surface area contributed by atoms with E-state index in [1.54, 1.807) is 10.3 Å². The molecule has 1 aliphatic rings. The van der Waals surface area contributed by atoms with Crippen LogP contribution in [-0.2, 0) is 0 Å². The number of amides is 1. The Kier molecular flexibility index (Phi) is 4.86. The lowest BCUT2D eigenvalue weighted by Crippen LogP contribution is -2.46. The molecule has 1 fully saturated rings. The number of nitrogens with one attached hydrogen (secondary N) is 1. The Morgan fingerprint density at radius 2 is 2.12 bits per heavy atom. The van der Waals surface area contributed by atoms with Gasteiger partial charge in [0.2, 0.25) is 0 Å². The Hall–Kier alpha value is -1.18. The molecule has 0 saturated carbocycles. The number of hydrogen-bond acceptors (Lipinski definition) is 5. The van der Waals surface area contributed by atoms with Crippen molar-refractivity contribution in [3.8, 4) is 0 Å². The van der Waals surface area contributed by atoms with Gasteiger partial charge in [0.25, 0.3) is 5.91 Å². The molecule has 8 heteroatoms. The highest BCUT2D eigenvalue weighted by molar-refractivity contribution is 7.13. The van der Waals surface area contributed by atoms with Gasteiger partial charge in [0, 0.05) is 37.6 Å². The SMILES string of the molecule is Cl.O=C(c1csc([N+](=O)[O-])c1)N1CCNCC1. The quantitative estimate of drug-likeness (QED) is 0.649. The summed E-state index contributed by atoms with van der Waals surface area (Å²) >= 11 is 0.988. The fraction of sp³-hybridized carbons (Fsp3) is 0.444. The zero-order valence-corrected chi connectivity index (χ0v) is 10.6. The van der Waals surface area contributed by atoms with E-state index in [-0.39, 0.29) is 23.3 Å². The highest BCUT2D eigenvalue weighted by atomic mass is 35.5. The molecule has 0 radical (unpaired) electrons. The number of halogens is 1. The number of piperazine rings is 1. The van der Waals surface area contributed by atoms with Crippen LogP contribution in [0, 0.1) is 10.1 Å². The lowest BCUT2D eigenvalue weighted by atomic mass is 10.2. The van der Waals surface area contributed by atoms with Gasteiger partial charge in [-0.3, -0.25) is 14.9 Å². The van der Waals surface area contributed by atoms with Gasteiger partial charge in [-0.2, -0.15) is 0 Å². The summed E-state index contributed by atoms with van der Waals surface area (Å²) < 4.78 is 0. The molecular weight excluding hydrogens is 266 g/mol. The molecule has 0 bridgehead atoms. The summed E-state index contributed by atoms with van der Waals surface area (Å²) in [5.41, 5.74) is 0.415. The van der Waals surface area contributed by atoms with Gasteiger partial charge in [0.05, 0.1) is 10.5 Å². The average molecular weight is 278 g/mol. The van der Waals surface area contributed by atoms with Gasteiger partial charge >= 0.3 is 5.00 Å². The van der Waals surface area contributed by atoms with E-state index in [4.69, 9.17) is 0 Å². The van der Waals surface area contributed by atoms with Crippen LogP contribution in [0.25, 0.3) is 0 Å². The molecule has 2 heterocycles. The van der Waals surface area contributed by atoms with Crippen molar-refractivity contribution < 1.29 is 9.72 Å². The van der Waals surface area contributed by atoms with Crippen LogP contribution in [0.15, 0.2) is 11.4 Å². The molecule has 1 amide bonds. The van der Waals surface area contributed by atoms with Gasteiger partial charge in [-0.15, -0.1) is 12.4 Å². The highest BCUT2D eigenvalue weighted by Gasteiger charge is 2.21. The number of rotatable bonds is 2. The van der Waals surface area contributed by atoms with Crippen LogP contribution >= 0.6 is 23.7 Å². The molecular formula is C9H12ClN3O3S. The zero-order chi connectivity index (χ0) is 11.5. The fourth-order valence-corrected chi connectivity index (χ4v) is 2.28. The van der Waals surface area contributed by atoms with Gasteiger partial charge in [-0.1, -0.05) is 11.3 Å². The van der Waals surface area contributed by atoms with Gasteiger partial charge in [-0.25, -0.2) is 0 Å². The minimum Gasteiger partial charge on any atom is -0.336 e. The third kappa shape index (κ3) is 3.15. The summed E-state index contributed by atoms with van der Waals surface area (Å²) in [6.45, 7) is 2.86. The summed E-state index contributed by atoms with van der Waals surface area (Å²) in [6, 6.07) is 1.34. The third-order valence-corrected chi connectivity index (χ3v) is 3.30. The van der Waals surface area contributed by atoms with Crippen LogP contribution in [0.2, 0.25) is 0 Å². The van der Waals surface area contributed by atoms with Crippen molar-refractivity contribution in [2.75, 3.05) is 26.2 Å². The second kappa shape index (κ2) is 5.95. The van der Waals surface area contributed by atoms with Crippen molar-refractivity contribution in [2.45, 2.75) is 0 Å². The summed E-state index contributed by atoms with van der Waals surface area (Å²) in [7, 11) is 0. The second-order valence-corrected chi connectivity index (χ2v) is 4.36. The average Bonchev–Trinajstić information content (AvgIpc) is 2.78. The molecule has 1 N–H and O–H groups in total. The summed E-state index contributed by atoms with van der Waals surface area (Å²) in [4.78, 5) is 23.6. The van der Waals surface area contributed by atoms with Crippen LogP contribution in [-0.4, -0.2) is 41.9 Å². The molecule has 6 nitrogen and oxygen atoms in total. The highest BCUT2D eigenvalue weighted by Crippen LogP contribution is 2.23. The normalized spacial score (nSPS) is 15.2. The first-order chi connectivity index (χ1) is 7.68. The summed E-state index contributed by atoms with van der Waals surface area (Å²) in [5, 5.41) is 15.2. The molecule has 0 spiro atoms. The predicted octanol–water partition coefficient (Wildman–Crippen LogP) is 1.12. The Bertz CT molecular complexity index is 417. The van der Waals surface area contributed by atoms with Crippen molar-refractivity contribution in [1.29, 1.82) is 0 Å². The first kappa shape index (κ1) is 13.9. The van der Waals surface area contributed by atoms with E-state index in [0.29, 0.717) is 18.7 Å². The minimum absolute atomic E-state index is 0. The summed E-state index contributed by atoms with van der Waals surface area (Å²) in [6.07, 6.45) is 0. The lowest BCUT2D eigenvalue weighted by Gasteiger charge is -2.26. The van der Waals surface area contributed by atoms with Crippen LogP contribution in [0.4, 0.5) is 5.00 Å². The van der Waals surface area contributed by atoms with Crippen molar-refractivity contribution in [1.82, 2.24) is 10.2 Å². The number of carbonyl (C=O) groups is 1. The monoisotopic (exact) mass is 277 g/mol. The third-order valence-electron chi connectivity index (χ3n) is 2.42. The molecule has 1 saturated heterocycles. The molecule has 0 aliphatic carbocycles. The van der Waals surface area contributed by atoms with Crippen molar-refractivity contribution in [3.05, 3.63) is 27.1 Å². The van der Waals surface area contributed by atoms with Gasteiger partial charge < -0.3 is 10.2 Å². The molecule has 0 aromatic carbocycles. The van der Waals surface area contributed by atoms with E-state index in [1.165, 1.54) is 6.07 Å². The van der Waals surface area contributed by atoms with Crippen LogP contribution in [0.1, 0.15) is 10.4 Å². The van der Waals surface area contributed by atoms with E-state index >= 15 is 0 Å². The summed E-state index contributed by atoms with van der Waals surface area (Å²) in [5.74, 6) is -0.120. The van der Waals surface area contributed by atoms with Crippen LogP contribution in [0.3, 0.4) is 0 Å². The molecule has 1 aliphatic heterocycles. The predicted molar refractivity (Wildman–Crippen MR) is 67.0 cm³/mol. The number of hydrogen-bond donors (Lipinski definition) is 1. The van der Waals surface area contributed by atoms with E-state index < -0.39 is 4.92 Å². The smallest absolute Gasteiger partial charge is 0.324 e. The zero-order valence-electron chi connectivity index (χ0n) is 8.92. The molecule has 1 aromatic rings. The van der Waals surface area contributed by atoms with Gasteiger partial charge in [-0.05, 0) is 0 Å². The van der Waals surface area contributed by atoms with E-state index in [2.05, 4.69) is 5.32 Å². The Labute approximate surface area is 108 Å². The molecule has 0 unspecified atom stereocenters. The maximum absolute atomic E-state index is 11.9. The van der Waals surface area contributed by atoms with Crippen LogP contribution < -0.4 is 5.32 Å². The van der Waals surface area contributed by atoms with Crippen LogP contribution in [0.5, 0.6) is 0 Å². The number of carbonyl (C=O) groups excluding carboxylic acids is 1.